The van der Waals surface area contributed by atoms with E-state index in [4.69, 9.17) is 0 Å². The summed E-state index contributed by atoms with van der Waals surface area (Å²) in [5.74, 6) is -0.160. The van der Waals surface area contributed by atoms with Crippen molar-refractivity contribution in [3.63, 3.8) is 0 Å². The minimum atomic E-state index is -0.757. The number of carbonyl (C=O) groups is 2. The predicted molar refractivity (Wildman–Crippen MR) is 47.6 cm³/mol. The molecule has 1 aliphatic rings. The van der Waals surface area contributed by atoms with Gasteiger partial charge in [-0.1, -0.05) is 0 Å². The Morgan fingerprint density at radius 3 is 2.08 bits per heavy atom. The molecule has 0 unspecified atom stereocenters. The third-order valence-corrected chi connectivity index (χ3v) is 3.16. The van der Waals surface area contributed by atoms with Crippen LogP contribution in [0.5, 0.6) is 0 Å². The SMILES string of the molecule is CCN1C(=O)N(Br)C(C)(C)C1=O. The fourth-order valence-corrected chi connectivity index (χ4v) is 1.47. The number of hydrogen-bond acceptors (Lipinski definition) is 2. The summed E-state index contributed by atoms with van der Waals surface area (Å²) < 4.78 is 1.28. The van der Waals surface area contributed by atoms with Gasteiger partial charge in [-0.15, -0.1) is 0 Å². The molecule has 1 saturated heterocycles. The second kappa shape index (κ2) is 2.73. The third-order valence-electron chi connectivity index (χ3n) is 1.97. The van der Waals surface area contributed by atoms with Crippen LogP contribution in [0.2, 0.25) is 0 Å². The summed E-state index contributed by atoms with van der Waals surface area (Å²) in [5, 5.41) is 0. The lowest BCUT2D eigenvalue weighted by Crippen LogP contribution is -2.38. The molecular weight excluding hydrogens is 224 g/mol. The zero-order chi connectivity index (χ0) is 9.52. The minimum absolute atomic E-state index is 0.160. The van der Waals surface area contributed by atoms with Gasteiger partial charge in [-0.3, -0.25) is 9.69 Å². The molecule has 12 heavy (non-hydrogen) atoms. The van der Waals surface area contributed by atoms with Crippen LogP contribution in [0.15, 0.2) is 0 Å². The van der Waals surface area contributed by atoms with Crippen molar-refractivity contribution in [3.8, 4) is 0 Å². The van der Waals surface area contributed by atoms with E-state index >= 15 is 0 Å². The number of hydrogen-bond donors (Lipinski definition) is 0. The number of amides is 3. The highest BCUT2D eigenvalue weighted by molar-refractivity contribution is 9.07. The molecule has 0 aromatic carbocycles. The van der Waals surface area contributed by atoms with Gasteiger partial charge in [-0.2, -0.15) is 0 Å². The molecule has 0 atom stereocenters. The van der Waals surface area contributed by atoms with Gasteiger partial charge in [0.1, 0.15) is 5.54 Å². The van der Waals surface area contributed by atoms with Crippen molar-refractivity contribution in [1.29, 1.82) is 0 Å². The standard InChI is InChI=1S/C7H11BrN2O2/c1-4-9-5(11)7(2,3)10(8)6(9)12/h4H2,1-3H3. The number of urea groups is 1. The first-order chi connectivity index (χ1) is 5.42. The van der Waals surface area contributed by atoms with E-state index in [1.54, 1.807) is 20.8 Å². The first-order valence-electron chi connectivity index (χ1n) is 3.75. The Morgan fingerprint density at radius 2 is 1.92 bits per heavy atom. The maximum absolute atomic E-state index is 11.5. The molecule has 0 bridgehead atoms. The molecule has 0 aliphatic carbocycles. The summed E-state index contributed by atoms with van der Waals surface area (Å²) in [5.41, 5.74) is -0.757. The largest absolute Gasteiger partial charge is 0.337 e. The lowest BCUT2D eigenvalue weighted by Gasteiger charge is -2.19. The highest BCUT2D eigenvalue weighted by Crippen LogP contribution is 2.29. The molecule has 3 amide bonds. The van der Waals surface area contributed by atoms with Crippen molar-refractivity contribution in [2.75, 3.05) is 6.54 Å². The van der Waals surface area contributed by atoms with Crippen LogP contribution in [-0.2, 0) is 4.79 Å². The van der Waals surface area contributed by atoms with E-state index in [0.717, 1.165) is 0 Å². The second-order valence-electron chi connectivity index (χ2n) is 3.17. The van der Waals surface area contributed by atoms with Crippen LogP contribution in [-0.4, -0.2) is 32.8 Å². The number of halogens is 1. The number of likely N-dealkylation sites (N-methyl/N-ethyl adjacent to an activating group) is 1. The van der Waals surface area contributed by atoms with Gasteiger partial charge in [0, 0.05) is 6.54 Å². The van der Waals surface area contributed by atoms with E-state index in [1.807, 2.05) is 0 Å². The fraction of sp³-hybridized carbons (Fsp3) is 0.714. The van der Waals surface area contributed by atoms with Crippen molar-refractivity contribution in [1.82, 2.24) is 8.83 Å². The first kappa shape index (κ1) is 9.51. The third kappa shape index (κ3) is 1.03. The Hall–Kier alpha value is -0.580. The number of carbonyl (C=O) groups excluding carboxylic acids is 2. The van der Waals surface area contributed by atoms with E-state index in [1.165, 1.54) is 8.83 Å². The summed E-state index contributed by atoms with van der Waals surface area (Å²) in [6.45, 7) is 5.61. The second-order valence-corrected chi connectivity index (χ2v) is 3.88. The molecule has 5 heteroatoms. The van der Waals surface area contributed by atoms with Gasteiger partial charge in [0.2, 0.25) is 0 Å². The molecule has 0 aromatic rings. The van der Waals surface area contributed by atoms with Gasteiger partial charge in [0.15, 0.2) is 0 Å². The van der Waals surface area contributed by atoms with Crippen molar-refractivity contribution in [2.45, 2.75) is 26.3 Å². The maximum Gasteiger partial charge on any atom is 0.337 e. The molecule has 1 rings (SSSR count). The topological polar surface area (TPSA) is 40.6 Å². The number of rotatable bonds is 1. The number of nitrogens with zero attached hydrogens (tertiary/aromatic N) is 2. The molecule has 1 heterocycles. The van der Waals surface area contributed by atoms with Gasteiger partial charge >= 0.3 is 6.03 Å². The number of imide groups is 1. The van der Waals surface area contributed by atoms with E-state index in [2.05, 4.69) is 16.1 Å². The molecule has 0 radical (unpaired) electrons. The van der Waals surface area contributed by atoms with Crippen LogP contribution in [0, 0.1) is 0 Å². The van der Waals surface area contributed by atoms with E-state index in [-0.39, 0.29) is 11.9 Å². The van der Waals surface area contributed by atoms with E-state index < -0.39 is 5.54 Å². The Morgan fingerprint density at radius 1 is 1.42 bits per heavy atom. The zero-order valence-corrected chi connectivity index (χ0v) is 8.88. The highest BCUT2D eigenvalue weighted by Gasteiger charge is 2.49. The minimum Gasteiger partial charge on any atom is -0.272 e. The average molecular weight is 235 g/mol. The summed E-state index contributed by atoms with van der Waals surface area (Å²) in [7, 11) is 0. The Kier molecular flexibility index (Phi) is 2.16. The van der Waals surface area contributed by atoms with Gasteiger partial charge < -0.3 is 0 Å². The summed E-state index contributed by atoms with van der Waals surface area (Å²) in [6, 6.07) is -0.285. The molecule has 0 N–H and O–H groups in total. The van der Waals surface area contributed by atoms with Crippen LogP contribution < -0.4 is 0 Å². The summed E-state index contributed by atoms with van der Waals surface area (Å²) in [4.78, 5) is 24.1. The van der Waals surface area contributed by atoms with Gasteiger partial charge in [0.05, 0.1) is 16.1 Å². The van der Waals surface area contributed by atoms with Crippen LogP contribution in [0.1, 0.15) is 20.8 Å². The van der Waals surface area contributed by atoms with Crippen molar-refractivity contribution < 1.29 is 9.59 Å². The van der Waals surface area contributed by atoms with Crippen LogP contribution >= 0.6 is 16.1 Å². The fourth-order valence-electron chi connectivity index (χ4n) is 1.13. The summed E-state index contributed by atoms with van der Waals surface area (Å²) in [6.07, 6.45) is 0. The summed E-state index contributed by atoms with van der Waals surface area (Å²) >= 11 is 3.07. The smallest absolute Gasteiger partial charge is 0.272 e. The molecule has 4 nitrogen and oxygen atoms in total. The van der Waals surface area contributed by atoms with Crippen molar-refractivity contribution >= 4 is 28.1 Å². The molecular formula is C7H11BrN2O2. The lowest BCUT2D eigenvalue weighted by atomic mass is 10.1. The average Bonchev–Trinajstić information content (AvgIpc) is 2.15. The zero-order valence-electron chi connectivity index (χ0n) is 7.30. The first-order valence-corrected chi connectivity index (χ1v) is 4.45. The van der Waals surface area contributed by atoms with Crippen LogP contribution in [0.25, 0.3) is 0 Å². The monoisotopic (exact) mass is 234 g/mol. The predicted octanol–water partition coefficient (Wildman–Crippen LogP) is 1.36. The van der Waals surface area contributed by atoms with Gasteiger partial charge in [-0.25, -0.2) is 8.72 Å². The molecule has 1 aliphatic heterocycles. The molecule has 0 saturated carbocycles. The van der Waals surface area contributed by atoms with Crippen LogP contribution in [0.4, 0.5) is 4.79 Å². The molecule has 0 spiro atoms. The quantitative estimate of drug-likeness (QED) is 0.508. The van der Waals surface area contributed by atoms with Crippen molar-refractivity contribution in [3.05, 3.63) is 0 Å². The van der Waals surface area contributed by atoms with Crippen LogP contribution in [0.3, 0.4) is 0 Å². The van der Waals surface area contributed by atoms with Crippen molar-refractivity contribution in [2.24, 2.45) is 0 Å². The molecule has 1 fully saturated rings. The Balaban J connectivity index is 3.02. The van der Waals surface area contributed by atoms with E-state index in [0.29, 0.717) is 6.54 Å². The van der Waals surface area contributed by atoms with Gasteiger partial charge in [0.25, 0.3) is 5.91 Å². The Labute approximate surface area is 79.8 Å². The normalized spacial score (nSPS) is 22.3. The molecule has 0 aromatic heterocycles. The van der Waals surface area contributed by atoms with E-state index in [9.17, 15) is 9.59 Å². The maximum atomic E-state index is 11.5. The lowest BCUT2D eigenvalue weighted by molar-refractivity contribution is -0.130. The molecule has 68 valence electrons. The Bertz CT molecular complexity index is 240. The highest BCUT2D eigenvalue weighted by atomic mass is 79.9. The van der Waals surface area contributed by atoms with Gasteiger partial charge in [-0.05, 0) is 20.8 Å².